The molecule has 3 aliphatic carbocycles. The molecule has 5 aliphatic rings. The molecule has 188 valence electrons. The van der Waals surface area contributed by atoms with Gasteiger partial charge in [0.2, 0.25) is 10.0 Å². The van der Waals surface area contributed by atoms with Gasteiger partial charge in [-0.3, -0.25) is 4.90 Å². The molecule has 1 saturated heterocycles. The molecule has 7 nitrogen and oxygen atoms in total. The molecule has 2 fully saturated rings. The van der Waals surface area contributed by atoms with Gasteiger partial charge in [-0.1, -0.05) is 24.3 Å². The van der Waals surface area contributed by atoms with Crippen LogP contribution in [0.2, 0.25) is 0 Å². The summed E-state index contributed by atoms with van der Waals surface area (Å²) in [6.45, 7) is 1.89. The van der Waals surface area contributed by atoms with Crippen LogP contribution < -0.4 is 9.47 Å². The van der Waals surface area contributed by atoms with E-state index in [2.05, 4.69) is 11.0 Å². The van der Waals surface area contributed by atoms with Gasteiger partial charge in [0.1, 0.15) is 0 Å². The molecule has 3 heterocycles. The third-order valence-electron chi connectivity index (χ3n) is 9.72. The zero-order chi connectivity index (χ0) is 24.6. The van der Waals surface area contributed by atoms with Crippen LogP contribution in [0.25, 0.3) is 10.9 Å². The summed E-state index contributed by atoms with van der Waals surface area (Å²) in [6.07, 6.45) is 5.07. The predicted octanol–water partition coefficient (Wildman–Crippen LogP) is 3.16. The first-order chi connectivity index (χ1) is 17.3. The number of benzene rings is 2. The van der Waals surface area contributed by atoms with E-state index in [1.54, 1.807) is 7.11 Å². The number of piperidine rings is 1. The molecule has 1 aromatic heterocycles. The Balaban J connectivity index is 1.47. The first-order valence-electron chi connectivity index (χ1n) is 12.9. The Labute approximate surface area is 210 Å². The largest absolute Gasteiger partial charge is 0.493 e. The van der Waals surface area contributed by atoms with E-state index in [1.165, 1.54) is 28.6 Å². The Hall–Kier alpha value is -2.55. The van der Waals surface area contributed by atoms with Crippen LogP contribution in [0, 0.1) is 5.92 Å². The van der Waals surface area contributed by atoms with Gasteiger partial charge in [-0.15, -0.1) is 0 Å². The maximum atomic E-state index is 13.3. The van der Waals surface area contributed by atoms with Gasteiger partial charge in [0.25, 0.3) is 0 Å². The number of para-hydroxylation sites is 1. The first kappa shape index (κ1) is 21.5. The second kappa shape index (κ2) is 6.65. The van der Waals surface area contributed by atoms with Crippen molar-refractivity contribution in [1.82, 2.24) is 8.87 Å². The van der Waals surface area contributed by atoms with Gasteiger partial charge in [0.05, 0.1) is 35.6 Å². The van der Waals surface area contributed by atoms with E-state index >= 15 is 0 Å². The molecular weight excluding hydrogens is 476 g/mol. The number of aromatic nitrogens is 1. The van der Waals surface area contributed by atoms with Crippen LogP contribution in [-0.4, -0.2) is 60.5 Å². The second-order valence-corrected chi connectivity index (χ2v) is 13.3. The number of ether oxygens (including phenoxy) is 2. The number of hydrogen-bond acceptors (Lipinski definition) is 6. The summed E-state index contributed by atoms with van der Waals surface area (Å²) >= 11 is 0. The fraction of sp³-hybridized carbons (Fsp3) is 0.500. The highest BCUT2D eigenvalue weighted by molar-refractivity contribution is 7.89. The number of fused-ring (bicyclic) bond motifs is 4. The lowest BCUT2D eigenvalue weighted by atomic mass is 9.49. The third-order valence-corrected chi connectivity index (χ3v) is 10.8. The smallest absolute Gasteiger partial charge is 0.236 e. The summed E-state index contributed by atoms with van der Waals surface area (Å²) in [7, 11) is -2.00. The van der Waals surface area contributed by atoms with Gasteiger partial charge in [-0.25, -0.2) is 12.4 Å². The SMILES string of the molecule is COc1ccc2c3c1OC1c4c(c5ccccc5n4S(C)(=O)=O)CC4(O)[C@@H](C2)N(CC2CC2)CC[C@]314. The van der Waals surface area contributed by atoms with Crippen molar-refractivity contribution in [2.45, 2.75) is 55.3 Å². The van der Waals surface area contributed by atoms with E-state index < -0.39 is 27.1 Å². The highest BCUT2D eigenvalue weighted by Crippen LogP contribution is 2.69. The lowest BCUT2D eigenvalue weighted by Crippen LogP contribution is -2.74. The maximum absolute atomic E-state index is 13.3. The summed E-state index contributed by atoms with van der Waals surface area (Å²) in [4.78, 5) is 2.52. The van der Waals surface area contributed by atoms with Crippen molar-refractivity contribution < 1.29 is 23.0 Å². The molecule has 1 saturated carbocycles. The molecule has 4 atom stereocenters. The van der Waals surface area contributed by atoms with Crippen molar-refractivity contribution in [3.63, 3.8) is 0 Å². The van der Waals surface area contributed by atoms with Crippen LogP contribution in [0.4, 0.5) is 0 Å². The van der Waals surface area contributed by atoms with Crippen molar-refractivity contribution in [2.24, 2.45) is 5.92 Å². The van der Waals surface area contributed by atoms with Gasteiger partial charge in [-0.2, -0.15) is 0 Å². The van der Waals surface area contributed by atoms with E-state index in [1.807, 2.05) is 30.3 Å². The van der Waals surface area contributed by atoms with Gasteiger partial charge in [-0.05, 0) is 61.4 Å². The van der Waals surface area contributed by atoms with Crippen molar-refractivity contribution in [3.05, 3.63) is 58.8 Å². The minimum absolute atomic E-state index is 0.0432. The van der Waals surface area contributed by atoms with Crippen molar-refractivity contribution >= 4 is 20.9 Å². The summed E-state index contributed by atoms with van der Waals surface area (Å²) in [5, 5.41) is 13.9. The molecule has 0 amide bonds. The Morgan fingerprint density at radius 2 is 2.00 bits per heavy atom. The number of rotatable bonds is 4. The molecule has 2 unspecified atom stereocenters. The highest BCUT2D eigenvalue weighted by atomic mass is 32.2. The van der Waals surface area contributed by atoms with E-state index in [9.17, 15) is 13.5 Å². The van der Waals surface area contributed by atoms with Crippen LogP contribution in [0.1, 0.15) is 47.8 Å². The van der Waals surface area contributed by atoms with Crippen LogP contribution in [0.5, 0.6) is 11.5 Å². The third kappa shape index (κ3) is 2.39. The molecule has 1 N–H and O–H groups in total. The summed E-state index contributed by atoms with van der Waals surface area (Å²) in [6, 6.07) is 11.7. The van der Waals surface area contributed by atoms with Crippen molar-refractivity contribution in [1.29, 1.82) is 0 Å². The van der Waals surface area contributed by atoms with E-state index in [0.717, 1.165) is 48.4 Å². The Bertz CT molecular complexity index is 1570. The average Bonchev–Trinajstić information content (AvgIpc) is 3.49. The van der Waals surface area contributed by atoms with Gasteiger partial charge in [0, 0.05) is 30.0 Å². The number of nitrogens with zero attached hydrogens (tertiary/aromatic N) is 2. The number of hydrogen-bond donors (Lipinski definition) is 1. The van der Waals surface area contributed by atoms with Gasteiger partial charge >= 0.3 is 0 Å². The Morgan fingerprint density at radius 1 is 1.19 bits per heavy atom. The molecule has 8 rings (SSSR count). The molecule has 3 aromatic rings. The molecular formula is C28H30N2O5S. The Morgan fingerprint density at radius 3 is 2.75 bits per heavy atom. The van der Waals surface area contributed by atoms with E-state index in [4.69, 9.17) is 9.47 Å². The Kier molecular flexibility index (Phi) is 3.98. The highest BCUT2D eigenvalue weighted by Gasteiger charge is 2.73. The summed E-state index contributed by atoms with van der Waals surface area (Å²) < 4.78 is 40.5. The maximum Gasteiger partial charge on any atom is 0.236 e. The monoisotopic (exact) mass is 506 g/mol. The fourth-order valence-corrected chi connectivity index (χ4v) is 9.26. The van der Waals surface area contributed by atoms with Crippen LogP contribution in [0.15, 0.2) is 36.4 Å². The molecule has 2 bridgehead atoms. The minimum atomic E-state index is -3.63. The van der Waals surface area contributed by atoms with Crippen LogP contribution >= 0.6 is 0 Å². The molecule has 8 heteroatoms. The molecule has 2 aromatic carbocycles. The fourth-order valence-electron chi connectivity index (χ4n) is 8.18. The predicted molar refractivity (Wildman–Crippen MR) is 135 cm³/mol. The standard InChI is InChI=1S/C28H30N2O5S/c1-34-21-10-9-17-13-22-28(31)14-19-18-5-3-4-6-20(18)30(36(2,32)33)24(19)26-27(28,23(17)25(21)35-26)11-12-29(22)15-16-7-8-16/h3-6,9-10,16,22,26,31H,7-8,11-15H2,1-2H3/t22-,26?,27+,28?/m1/s1. The van der Waals surface area contributed by atoms with E-state index in [-0.39, 0.29) is 6.04 Å². The quantitative estimate of drug-likeness (QED) is 0.586. The van der Waals surface area contributed by atoms with Crippen LogP contribution in [0.3, 0.4) is 0 Å². The lowest BCUT2D eigenvalue weighted by Gasteiger charge is -2.62. The molecule has 1 spiro atoms. The minimum Gasteiger partial charge on any atom is -0.493 e. The molecule has 0 radical (unpaired) electrons. The topological polar surface area (TPSA) is 81.0 Å². The first-order valence-corrected chi connectivity index (χ1v) is 14.8. The van der Waals surface area contributed by atoms with Gasteiger partial charge < -0.3 is 14.6 Å². The second-order valence-electron chi connectivity index (χ2n) is 11.5. The number of likely N-dealkylation sites (tertiary alicyclic amines) is 1. The molecule has 2 aliphatic heterocycles. The lowest BCUT2D eigenvalue weighted by molar-refractivity contribution is -0.173. The van der Waals surface area contributed by atoms with Crippen molar-refractivity contribution in [2.75, 3.05) is 26.5 Å². The number of methoxy groups -OCH3 is 1. The van der Waals surface area contributed by atoms with Crippen molar-refractivity contribution in [3.8, 4) is 11.5 Å². The number of aliphatic hydroxyl groups is 1. The summed E-state index contributed by atoms with van der Waals surface area (Å²) in [5.74, 6) is 2.03. The average molecular weight is 507 g/mol. The van der Waals surface area contributed by atoms with Crippen LogP contribution in [-0.2, 0) is 28.3 Å². The normalized spacial score (nSPS) is 32.2. The zero-order valence-corrected chi connectivity index (χ0v) is 21.3. The van der Waals surface area contributed by atoms with Gasteiger partial charge in [0.15, 0.2) is 17.6 Å². The molecule has 36 heavy (non-hydrogen) atoms. The zero-order valence-electron chi connectivity index (χ0n) is 20.5. The summed E-state index contributed by atoms with van der Waals surface area (Å²) in [5.41, 5.74) is 2.64. The van der Waals surface area contributed by atoms with E-state index in [0.29, 0.717) is 29.1 Å².